The number of aryl methyl sites for hydroxylation is 1. The van der Waals surface area contributed by atoms with Crippen LogP contribution in [-0.2, 0) is 9.53 Å². The average Bonchev–Trinajstić information content (AvgIpc) is 3.28. The summed E-state index contributed by atoms with van der Waals surface area (Å²) in [7, 11) is 2.05. The second kappa shape index (κ2) is 8.55. The first-order chi connectivity index (χ1) is 14.0. The number of benzene rings is 1. The molecule has 2 saturated heterocycles. The lowest BCUT2D eigenvalue weighted by molar-refractivity contribution is -0.136. The Morgan fingerprint density at radius 2 is 1.93 bits per heavy atom. The molecular weight excluding hydrogens is 370 g/mol. The third kappa shape index (κ3) is 4.31. The number of hydrogen-bond acceptors (Lipinski definition) is 5. The summed E-state index contributed by atoms with van der Waals surface area (Å²) in [6, 6.07) is 8.02. The fraction of sp³-hybridized carbons (Fsp3) is 0.545. The number of ether oxygens (including phenoxy) is 1. The lowest BCUT2D eigenvalue weighted by Crippen LogP contribution is -2.45. The van der Waals surface area contributed by atoms with Crippen LogP contribution in [-0.4, -0.2) is 73.6 Å². The number of rotatable bonds is 5. The standard InChI is InChI=1S/C22H29N3O4/c1-15-12-16-4-3-5-19(21(16)29-15)22(27)23-14-18-7-6-17(24(18)2)13-20(26)25-8-10-28-11-9-25/h3-5,12,17-18H,6-11,13-14H2,1-2H3,(H,23,27)/t17-,18+/m1/s1. The maximum absolute atomic E-state index is 12.7. The number of likely N-dealkylation sites (tertiary alicyclic amines) is 1. The van der Waals surface area contributed by atoms with Crippen molar-refractivity contribution < 1.29 is 18.7 Å². The summed E-state index contributed by atoms with van der Waals surface area (Å²) in [5.74, 6) is 0.879. The van der Waals surface area contributed by atoms with Gasteiger partial charge in [-0.05, 0) is 38.9 Å². The van der Waals surface area contributed by atoms with Crippen molar-refractivity contribution in [1.82, 2.24) is 15.1 Å². The summed E-state index contributed by atoms with van der Waals surface area (Å²) < 4.78 is 11.0. The van der Waals surface area contributed by atoms with Crippen molar-refractivity contribution in [2.45, 2.75) is 38.3 Å². The predicted molar refractivity (Wildman–Crippen MR) is 110 cm³/mol. The Balaban J connectivity index is 1.32. The molecule has 7 heteroatoms. The Morgan fingerprint density at radius 1 is 1.17 bits per heavy atom. The van der Waals surface area contributed by atoms with Gasteiger partial charge in [0.05, 0.1) is 18.8 Å². The normalized spacial score (nSPS) is 22.9. The largest absolute Gasteiger partial charge is 0.461 e. The van der Waals surface area contributed by atoms with E-state index in [9.17, 15) is 9.59 Å². The number of para-hydroxylation sites is 1. The van der Waals surface area contributed by atoms with Gasteiger partial charge in [0.25, 0.3) is 5.91 Å². The summed E-state index contributed by atoms with van der Waals surface area (Å²) in [5, 5.41) is 4.00. The molecule has 0 aliphatic carbocycles. The number of furan rings is 1. The fourth-order valence-electron chi connectivity index (χ4n) is 4.40. The van der Waals surface area contributed by atoms with E-state index in [2.05, 4.69) is 17.3 Å². The molecular formula is C22H29N3O4. The highest BCUT2D eigenvalue weighted by Crippen LogP contribution is 2.26. The first-order valence-corrected chi connectivity index (χ1v) is 10.4. The first kappa shape index (κ1) is 19.9. The maximum atomic E-state index is 12.7. The molecule has 2 aliphatic heterocycles. The summed E-state index contributed by atoms with van der Waals surface area (Å²) in [4.78, 5) is 29.4. The molecule has 2 amide bonds. The van der Waals surface area contributed by atoms with Gasteiger partial charge in [-0.2, -0.15) is 0 Å². The summed E-state index contributed by atoms with van der Waals surface area (Å²) in [6.07, 6.45) is 2.48. The number of morpholine rings is 1. The van der Waals surface area contributed by atoms with Crippen molar-refractivity contribution in [1.29, 1.82) is 0 Å². The molecule has 1 aromatic heterocycles. The van der Waals surface area contributed by atoms with Gasteiger partial charge < -0.3 is 19.4 Å². The van der Waals surface area contributed by atoms with Gasteiger partial charge >= 0.3 is 0 Å². The number of nitrogens with one attached hydrogen (secondary N) is 1. The quantitative estimate of drug-likeness (QED) is 0.834. The Bertz CT molecular complexity index is 887. The van der Waals surface area contributed by atoms with E-state index in [-0.39, 0.29) is 23.9 Å². The van der Waals surface area contributed by atoms with Gasteiger partial charge in [-0.15, -0.1) is 0 Å². The number of nitrogens with zero attached hydrogens (tertiary/aromatic N) is 2. The number of likely N-dealkylation sites (N-methyl/N-ethyl adjacent to an activating group) is 1. The molecule has 3 heterocycles. The van der Waals surface area contributed by atoms with Gasteiger partial charge in [0.15, 0.2) is 0 Å². The van der Waals surface area contributed by atoms with Crippen molar-refractivity contribution in [2.75, 3.05) is 39.9 Å². The SMILES string of the molecule is Cc1cc2cccc(C(=O)NC[C@@H]3CC[C@H](CC(=O)N4CCOCC4)N3C)c2o1. The molecule has 2 atom stereocenters. The minimum absolute atomic E-state index is 0.119. The highest BCUT2D eigenvalue weighted by molar-refractivity contribution is 6.05. The molecule has 2 aliphatic rings. The molecule has 2 aromatic rings. The smallest absolute Gasteiger partial charge is 0.255 e. The molecule has 29 heavy (non-hydrogen) atoms. The van der Waals surface area contributed by atoms with E-state index in [1.54, 1.807) is 6.07 Å². The number of carbonyl (C=O) groups excluding carboxylic acids is 2. The molecule has 156 valence electrons. The Morgan fingerprint density at radius 3 is 2.72 bits per heavy atom. The highest BCUT2D eigenvalue weighted by Gasteiger charge is 2.33. The van der Waals surface area contributed by atoms with Crippen LogP contribution in [0.3, 0.4) is 0 Å². The molecule has 0 bridgehead atoms. The van der Waals surface area contributed by atoms with Crippen LogP contribution < -0.4 is 5.32 Å². The maximum Gasteiger partial charge on any atom is 0.255 e. The number of amides is 2. The lowest BCUT2D eigenvalue weighted by Gasteiger charge is -2.30. The van der Waals surface area contributed by atoms with E-state index in [4.69, 9.17) is 9.15 Å². The zero-order valence-corrected chi connectivity index (χ0v) is 17.1. The number of hydrogen-bond donors (Lipinski definition) is 1. The third-order valence-electron chi connectivity index (χ3n) is 6.17. The van der Waals surface area contributed by atoms with Gasteiger partial charge in [0.1, 0.15) is 11.3 Å². The van der Waals surface area contributed by atoms with Crippen LogP contribution in [0.5, 0.6) is 0 Å². The van der Waals surface area contributed by atoms with Crippen molar-refractivity contribution in [3.63, 3.8) is 0 Å². The van der Waals surface area contributed by atoms with Crippen LogP contribution in [0, 0.1) is 6.92 Å². The molecule has 1 N–H and O–H groups in total. The van der Waals surface area contributed by atoms with Crippen LogP contribution in [0.2, 0.25) is 0 Å². The van der Waals surface area contributed by atoms with E-state index in [1.807, 2.05) is 30.0 Å². The molecule has 7 nitrogen and oxygen atoms in total. The van der Waals surface area contributed by atoms with Gasteiger partial charge in [-0.3, -0.25) is 14.5 Å². The minimum Gasteiger partial charge on any atom is -0.461 e. The summed E-state index contributed by atoms with van der Waals surface area (Å²) >= 11 is 0. The topological polar surface area (TPSA) is 75.0 Å². The van der Waals surface area contributed by atoms with Crippen molar-refractivity contribution in [2.24, 2.45) is 0 Å². The van der Waals surface area contributed by atoms with Gasteiger partial charge in [-0.25, -0.2) is 0 Å². The molecule has 0 spiro atoms. The molecule has 0 unspecified atom stereocenters. The van der Waals surface area contributed by atoms with Crippen LogP contribution in [0.1, 0.15) is 35.4 Å². The Hall–Kier alpha value is -2.38. The Kier molecular flexibility index (Phi) is 5.87. The zero-order valence-electron chi connectivity index (χ0n) is 17.1. The van der Waals surface area contributed by atoms with Crippen LogP contribution in [0.15, 0.2) is 28.7 Å². The van der Waals surface area contributed by atoms with E-state index in [1.165, 1.54) is 0 Å². The van der Waals surface area contributed by atoms with E-state index < -0.39 is 0 Å². The number of carbonyl (C=O) groups is 2. The average molecular weight is 399 g/mol. The van der Waals surface area contributed by atoms with Gasteiger partial charge in [-0.1, -0.05) is 12.1 Å². The van der Waals surface area contributed by atoms with Gasteiger partial charge in [0.2, 0.25) is 5.91 Å². The van der Waals surface area contributed by atoms with Crippen molar-refractivity contribution >= 4 is 22.8 Å². The third-order valence-corrected chi connectivity index (χ3v) is 6.17. The lowest BCUT2D eigenvalue weighted by atomic mass is 10.1. The van der Waals surface area contributed by atoms with Crippen LogP contribution in [0.25, 0.3) is 11.0 Å². The molecule has 4 rings (SSSR count). The fourth-order valence-corrected chi connectivity index (χ4v) is 4.40. The van der Waals surface area contributed by atoms with Gasteiger partial charge in [0, 0.05) is 43.5 Å². The molecule has 0 radical (unpaired) electrons. The monoisotopic (exact) mass is 399 g/mol. The van der Waals surface area contributed by atoms with Crippen molar-refractivity contribution in [3.8, 4) is 0 Å². The van der Waals surface area contributed by atoms with Crippen LogP contribution >= 0.6 is 0 Å². The van der Waals surface area contributed by atoms with Crippen molar-refractivity contribution in [3.05, 3.63) is 35.6 Å². The summed E-state index contributed by atoms with van der Waals surface area (Å²) in [6.45, 7) is 5.08. The highest BCUT2D eigenvalue weighted by atomic mass is 16.5. The molecule has 0 saturated carbocycles. The van der Waals surface area contributed by atoms with Crippen LogP contribution in [0.4, 0.5) is 0 Å². The second-order valence-corrected chi connectivity index (χ2v) is 8.04. The number of fused-ring (bicyclic) bond motifs is 1. The van der Waals surface area contributed by atoms with E-state index in [0.29, 0.717) is 50.4 Å². The first-order valence-electron chi connectivity index (χ1n) is 10.4. The zero-order chi connectivity index (χ0) is 20.4. The predicted octanol–water partition coefficient (Wildman–Crippen LogP) is 2.18. The minimum atomic E-state index is -0.119. The molecule has 2 fully saturated rings. The Labute approximate surface area is 171 Å². The molecule has 1 aromatic carbocycles. The second-order valence-electron chi connectivity index (χ2n) is 8.04. The van der Waals surface area contributed by atoms with E-state index >= 15 is 0 Å². The van der Waals surface area contributed by atoms with E-state index in [0.717, 1.165) is 24.0 Å². The summed E-state index contributed by atoms with van der Waals surface area (Å²) in [5.41, 5.74) is 1.20.